The highest BCUT2D eigenvalue weighted by Crippen LogP contribution is 2.44. The number of amides is 2. The van der Waals surface area contributed by atoms with Crippen LogP contribution in [0.5, 0.6) is 0 Å². The predicted octanol–water partition coefficient (Wildman–Crippen LogP) is 5.09. The van der Waals surface area contributed by atoms with Crippen LogP contribution in [0.3, 0.4) is 0 Å². The Morgan fingerprint density at radius 2 is 1.51 bits per heavy atom. The van der Waals surface area contributed by atoms with Crippen molar-refractivity contribution in [3.63, 3.8) is 0 Å². The molecule has 0 saturated carbocycles. The maximum Gasteiger partial charge on any atom is 0.407 e. The number of carbonyl (C=O) groups excluding carboxylic acids is 2. The zero-order chi connectivity index (χ0) is 25.0. The topological polar surface area (TPSA) is 105 Å². The van der Waals surface area contributed by atoms with E-state index in [4.69, 9.17) is 9.84 Å². The minimum absolute atomic E-state index is 0.00365. The molecule has 1 aliphatic carbocycles. The standard InChI is InChI=1S/C28H36N2O5/c1-20(15-16-27(32)33)18-30-26(31)14-4-2-3-9-17-29-28(34)35-19-25-23-12-7-5-10-21(23)22-11-6-8-13-24(22)25/h5-8,10-13,20,25H,2-4,9,14-19H2,1H3,(H,29,34)(H,30,31)(H,32,33). The third-order valence-electron chi connectivity index (χ3n) is 6.44. The summed E-state index contributed by atoms with van der Waals surface area (Å²) in [5.74, 6) is -0.598. The van der Waals surface area contributed by atoms with E-state index < -0.39 is 12.1 Å². The van der Waals surface area contributed by atoms with Crippen molar-refractivity contribution in [3.05, 3.63) is 59.7 Å². The number of ether oxygens (including phenoxy) is 1. The van der Waals surface area contributed by atoms with Crippen LogP contribution in [-0.4, -0.2) is 42.8 Å². The van der Waals surface area contributed by atoms with Gasteiger partial charge in [-0.05, 0) is 47.4 Å². The Bertz CT molecular complexity index is 961. The van der Waals surface area contributed by atoms with Crippen LogP contribution in [0.4, 0.5) is 4.79 Å². The molecule has 0 radical (unpaired) electrons. The molecule has 0 bridgehead atoms. The van der Waals surface area contributed by atoms with Crippen LogP contribution in [0, 0.1) is 5.92 Å². The first-order valence-corrected chi connectivity index (χ1v) is 12.5. The number of carbonyl (C=O) groups is 3. The predicted molar refractivity (Wildman–Crippen MR) is 135 cm³/mol. The van der Waals surface area contributed by atoms with Crippen molar-refractivity contribution < 1.29 is 24.2 Å². The van der Waals surface area contributed by atoms with Crippen molar-refractivity contribution in [1.82, 2.24) is 10.6 Å². The molecule has 2 aromatic rings. The summed E-state index contributed by atoms with van der Waals surface area (Å²) >= 11 is 0. The van der Waals surface area contributed by atoms with Gasteiger partial charge in [0.05, 0.1) is 0 Å². The van der Waals surface area contributed by atoms with Gasteiger partial charge in [-0.25, -0.2) is 4.79 Å². The number of carboxylic acids is 1. The van der Waals surface area contributed by atoms with E-state index in [0.29, 0.717) is 32.5 Å². The number of hydrogen-bond acceptors (Lipinski definition) is 4. The van der Waals surface area contributed by atoms with Gasteiger partial charge in [-0.2, -0.15) is 0 Å². The summed E-state index contributed by atoms with van der Waals surface area (Å²) < 4.78 is 5.54. The fourth-order valence-corrected chi connectivity index (χ4v) is 4.45. The first-order valence-electron chi connectivity index (χ1n) is 12.5. The summed E-state index contributed by atoms with van der Waals surface area (Å²) in [5.41, 5.74) is 4.80. The number of rotatable bonds is 14. The van der Waals surface area contributed by atoms with Crippen molar-refractivity contribution in [2.45, 2.75) is 57.8 Å². The van der Waals surface area contributed by atoms with E-state index in [-0.39, 0.29) is 24.2 Å². The van der Waals surface area contributed by atoms with E-state index in [2.05, 4.69) is 34.9 Å². The number of unbranched alkanes of at least 4 members (excludes halogenated alkanes) is 3. The van der Waals surface area contributed by atoms with Crippen molar-refractivity contribution in [2.75, 3.05) is 19.7 Å². The van der Waals surface area contributed by atoms with Crippen LogP contribution in [0.1, 0.15) is 68.9 Å². The zero-order valence-electron chi connectivity index (χ0n) is 20.4. The SMILES string of the molecule is CC(CCC(=O)O)CNC(=O)CCCCCCNC(=O)OCC1c2ccccc2-c2ccccc21. The van der Waals surface area contributed by atoms with Gasteiger partial charge in [0.1, 0.15) is 6.61 Å². The highest BCUT2D eigenvalue weighted by atomic mass is 16.5. The molecule has 1 aliphatic rings. The van der Waals surface area contributed by atoms with Crippen LogP contribution >= 0.6 is 0 Å². The maximum atomic E-state index is 12.2. The Morgan fingerprint density at radius 1 is 0.886 bits per heavy atom. The van der Waals surface area contributed by atoms with Crippen molar-refractivity contribution in [1.29, 1.82) is 0 Å². The molecule has 0 fully saturated rings. The Balaban J connectivity index is 1.24. The van der Waals surface area contributed by atoms with E-state index in [1.54, 1.807) is 0 Å². The minimum atomic E-state index is -0.809. The largest absolute Gasteiger partial charge is 0.481 e. The summed E-state index contributed by atoms with van der Waals surface area (Å²) in [6.07, 6.45) is 4.21. The van der Waals surface area contributed by atoms with E-state index in [9.17, 15) is 14.4 Å². The molecule has 3 rings (SSSR count). The molecule has 188 valence electrons. The van der Waals surface area contributed by atoms with Crippen molar-refractivity contribution in [2.24, 2.45) is 5.92 Å². The highest BCUT2D eigenvalue weighted by molar-refractivity contribution is 5.79. The smallest absolute Gasteiger partial charge is 0.407 e. The third-order valence-corrected chi connectivity index (χ3v) is 6.44. The number of benzene rings is 2. The van der Waals surface area contributed by atoms with Crippen LogP contribution in [0.2, 0.25) is 0 Å². The molecule has 0 saturated heterocycles. The molecule has 3 N–H and O–H groups in total. The van der Waals surface area contributed by atoms with Gasteiger partial charge in [0, 0.05) is 31.8 Å². The van der Waals surface area contributed by atoms with E-state index >= 15 is 0 Å². The number of aliphatic carboxylic acids is 1. The lowest BCUT2D eigenvalue weighted by molar-refractivity contribution is -0.137. The molecule has 0 aromatic heterocycles. The second kappa shape index (κ2) is 13.5. The Labute approximate surface area is 207 Å². The second-order valence-electron chi connectivity index (χ2n) is 9.26. The van der Waals surface area contributed by atoms with Gasteiger partial charge in [-0.15, -0.1) is 0 Å². The van der Waals surface area contributed by atoms with Gasteiger partial charge >= 0.3 is 12.1 Å². The van der Waals surface area contributed by atoms with Crippen molar-refractivity contribution in [3.8, 4) is 11.1 Å². The minimum Gasteiger partial charge on any atom is -0.481 e. The summed E-state index contributed by atoms with van der Waals surface area (Å²) in [6, 6.07) is 16.5. The van der Waals surface area contributed by atoms with Crippen LogP contribution < -0.4 is 10.6 Å². The quantitative estimate of drug-likeness (QED) is 0.327. The zero-order valence-corrected chi connectivity index (χ0v) is 20.4. The summed E-state index contributed by atoms with van der Waals surface area (Å²) in [6.45, 7) is 3.30. The number of carboxylic acid groups (broad SMARTS) is 1. The monoisotopic (exact) mass is 480 g/mol. The van der Waals surface area contributed by atoms with Crippen LogP contribution in [0.25, 0.3) is 11.1 Å². The molecule has 0 spiro atoms. The molecule has 1 atom stereocenters. The lowest BCUT2D eigenvalue weighted by Gasteiger charge is -2.14. The molecule has 2 amide bonds. The molecule has 35 heavy (non-hydrogen) atoms. The maximum absolute atomic E-state index is 12.2. The van der Waals surface area contributed by atoms with Crippen LogP contribution in [-0.2, 0) is 14.3 Å². The number of fused-ring (bicyclic) bond motifs is 3. The Kier molecular flexibility index (Phi) is 10.1. The Hall–Kier alpha value is -3.35. The van der Waals surface area contributed by atoms with Crippen molar-refractivity contribution >= 4 is 18.0 Å². The second-order valence-corrected chi connectivity index (χ2v) is 9.26. The number of alkyl carbamates (subject to hydrolysis) is 1. The molecular formula is C28H36N2O5. The molecule has 1 unspecified atom stereocenters. The van der Waals surface area contributed by atoms with Gasteiger partial charge in [0.15, 0.2) is 0 Å². The fourth-order valence-electron chi connectivity index (χ4n) is 4.45. The van der Waals surface area contributed by atoms with Gasteiger partial charge in [-0.1, -0.05) is 68.3 Å². The molecular weight excluding hydrogens is 444 g/mol. The average Bonchev–Trinajstić information content (AvgIpc) is 3.18. The molecule has 0 aliphatic heterocycles. The lowest BCUT2D eigenvalue weighted by atomic mass is 9.98. The van der Waals surface area contributed by atoms with E-state index in [0.717, 1.165) is 25.7 Å². The average molecular weight is 481 g/mol. The molecule has 2 aromatic carbocycles. The molecule has 7 heteroatoms. The van der Waals surface area contributed by atoms with Gasteiger partial charge < -0.3 is 20.5 Å². The molecule has 7 nitrogen and oxygen atoms in total. The normalized spacial score (nSPS) is 12.9. The van der Waals surface area contributed by atoms with E-state index in [1.165, 1.54) is 22.3 Å². The summed E-state index contributed by atoms with van der Waals surface area (Å²) in [5, 5.41) is 14.4. The number of hydrogen-bond donors (Lipinski definition) is 3. The lowest BCUT2D eigenvalue weighted by Crippen LogP contribution is -2.28. The van der Waals surface area contributed by atoms with Gasteiger partial charge in [0.25, 0.3) is 0 Å². The van der Waals surface area contributed by atoms with Gasteiger partial charge in [-0.3, -0.25) is 9.59 Å². The molecule has 0 heterocycles. The van der Waals surface area contributed by atoms with Crippen LogP contribution in [0.15, 0.2) is 48.5 Å². The summed E-state index contributed by atoms with van der Waals surface area (Å²) in [7, 11) is 0. The van der Waals surface area contributed by atoms with Gasteiger partial charge in [0.2, 0.25) is 5.91 Å². The fraction of sp³-hybridized carbons (Fsp3) is 0.464. The Morgan fingerprint density at radius 3 is 2.17 bits per heavy atom. The highest BCUT2D eigenvalue weighted by Gasteiger charge is 2.28. The number of nitrogens with one attached hydrogen (secondary N) is 2. The first kappa shape index (κ1) is 26.3. The first-order chi connectivity index (χ1) is 17.0. The summed E-state index contributed by atoms with van der Waals surface area (Å²) in [4.78, 5) is 34.7. The van der Waals surface area contributed by atoms with E-state index in [1.807, 2.05) is 31.2 Å². The third kappa shape index (κ3) is 8.12.